The van der Waals surface area contributed by atoms with Crippen LogP contribution in [0.2, 0.25) is 0 Å². The summed E-state index contributed by atoms with van der Waals surface area (Å²) in [5, 5.41) is 13.2. The van der Waals surface area contributed by atoms with Gasteiger partial charge in [0, 0.05) is 6.54 Å². The molecule has 0 fully saturated rings. The maximum absolute atomic E-state index is 9.96. The largest absolute Gasteiger partial charge is 0.389 e. The standard InChI is InChI=1S/C12H25NO/c1-5-6-7-8-13-10-12(4,14)9-11(2)3/h5,11,13-14H,1,6-10H2,2-4H3. The SMILES string of the molecule is C=CCCCNCC(C)(O)CC(C)C. The van der Waals surface area contributed by atoms with E-state index in [1.165, 1.54) is 0 Å². The summed E-state index contributed by atoms with van der Waals surface area (Å²) in [5.74, 6) is 0.542. The molecule has 0 radical (unpaired) electrons. The molecule has 0 amide bonds. The molecule has 1 atom stereocenters. The van der Waals surface area contributed by atoms with Gasteiger partial charge >= 0.3 is 0 Å². The first-order valence-electron chi connectivity index (χ1n) is 5.52. The summed E-state index contributed by atoms with van der Waals surface area (Å²) < 4.78 is 0. The second-order valence-corrected chi connectivity index (χ2v) is 4.70. The molecule has 0 rings (SSSR count). The number of hydrogen-bond acceptors (Lipinski definition) is 2. The zero-order valence-corrected chi connectivity index (χ0v) is 9.84. The molecule has 0 aromatic carbocycles. The number of hydrogen-bond donors (Lipinski definition) is 2. The third-order valence-corrected chi connectivity index (χ3v) is 2.12. The topological polar surface area (TPSA) is 32.3 Å². The van der Waals surface area contributed by atoms with E-state index in [1.54, 1.807) is 0 Å². The first-order valence-corrected chi connectivity index (χ1v) is 5.52. The average Bonchev–Trinajstić information content (AvgIpc) is 2.01. The summed E-state index contributed by atoms with van der Waals surface area (Å²) in [5.41, 5.74) is -0.567. The molecule has 1 unspecified atom stereocenters. The van der Waals surface area contributed by atoms with Gasteiger partial charge in [0.2, 0.25) is 0 Å². The minimum Gasteiger partial charge on any atom is -0.389 e. The van der Waals surface area contributed by atoms with Crippen LogP contribution >= 0.6 is 0 Å². The second kappa shape index (κ2) is 7.02. The minimum absolute atomic E-state index is 0.542. The molecule has 0 bridgehead atoms. The predicted molar refractivity (Wildman–Crippen MR) is 62.4 cm³/mol. The normalized spacial score (nSPS) is 15.5. The highest BCUT2D eigenvalue weighted by atomic mass is 16.3. The van der Waals surface area contributed by atoms with Gasteiger partial charge < -0.3 is 10.4 Å². The molecule has 0 spiro atoms. The molecule has 2 heteroatoms. The Kier molecular flexibility index (Phi) is 6.85. The Hall–Kier alpha value is -0.340. The van der Waals surface area contributed by atoms with E-state index in [2.05, 4.69) is 25.7 Å². The predicted octanol–water partition coefficient (Wildman–Crippen LogP) is 2.34. The molecule has 0 aromatic rings. The molecule has 0 aliphatic carbocycles. The lowest BCUT2D eigenvalue weighted by Crippen LogP contribution is -2.39. The van der Waals surface area contributed by atoms with E-state index in [0.29, 0.717) is 12.5 Å². The van der Waals surface area contributed by atoms with Crippen molar-refractivity contribution in [1.29, 1.82) is 0 Å². The molecule has 2 nitrogen and oxygen atoms in total. The van der Waals surface area contributed by atoms with Crippen molar-refractivity contribution in [1.82, 2.24) is 5.32 Å². The van der Waals surface area contributed by atoms with E-state index in [0.717, 1.165) is 25.8 Å². The average molecular weight is 199 g/mol. The highest BCUT2D eigenvalue weighted by Gasteiger charge is 2.20. The summed E-state index contributed by atoms with van der Waals surface area (Å²) in [6.07, 6.45) is 4.91. The van der Waals surface area contributed by atoms with Gasteiger partial charge in [-0.3, -0.25) is 0 Å². The van der Waals surface area contributed by atoms with Crippen LogP contribution in [0.4, 0.5) is 0 Å². The Morgan fingerprint density at radius 2 is 2.14 bits per heavy atom. The summed E-state index contributed by atoms with van der Waals surface area (Å²) in [6.45, 7) is 11.5. The van der Waals surface area contributed by atoms with Gasteiger partial charge in [-0.05, 0) is 38.6 Å². The Bertz CT molecular complexity index is 152. The summed E-state index contributed by atoms with van der Waals surface area (Å²) in [7, 11) is 0. The van der Waals surface area contributed by atoms with Crippen molar-refractivity contribution < 1.29 is 5.11 Å². The van der Waals surface area contributed by atoms with Crippen molar-refractivity contribution in [2.24, 2.45) is 5.92 Å². The smallest absolute Gasteiger partial charge is 0.0746 e. The minimum atomic E-state index is -0.567. The van der Waals surface area contributed by atoms with Gasteiger partial charge in [0.25, 0.3) is 0 Å². The Morgan fingerprint density at radius 1 is 1.50 bits per heavy atom. The summed E-state index contributed by atoms with van der Waals surface area (Å²) in [4.78, 5) is 0. The maximum Gasteiger partial charge on any atom is 0.0746 e. The van der Waals surface area contributed by atoms with E-state index < -0.39 is 5.60 Å². The fourth-order valence-corrected chi connectivity index (χ4v) is 1.68. The van der Waals surface area contributed by atoms with Crippen LogP contribution in [-0.4, -0.2) is 23.8 Å². The quantitative estimate of drug-likeness (QED) is 0.464. The van der Waals surface area contributed by atoms with E-state index in [-0.39, 0.29) is 0 Å². The second-order valence-electron chi connectivity index (χ2n) is 4.70. The molecular weight excluding hydrogens is 174 g/mol. The van der Waals surface area contributed by atoms with Gasteiger partial charge in [0.15, 0.2) is 0 Å². The third-order valence-electron chi connectivity index (χ3n) is 2.12. The first kappa shape index (κ1) is 13.7. The molecule has 84 valence electrons. The van der Waals surface area contributed by atoms with Gasteiger partial charge in [-0.25, -0.2) is 0 Å². The van der Waals surface area contributed by atoms with E-state index in [4.69, 9.17) is 0 Å². The third kappa shape index (κ3) is 8.27. The van der Waals surface area contributed by atoms with Crippen molar-refractivity contribution in [2.45, 2.75) is 45.6 Å². The van der Waals surface area contributed by atoms with E-state index in [1.807, 2.05) is 13.0 Å². The van der Waals surface area contributed by atoms with Crippen molar-refractivity contribution in [2.75, 3.05) is 13.1 Å². The highest BCUT2D eigenvalue weighted by Crippen LogP contribution is 2.14. The zero-order valence-electron chi connectivity index (χ0n) is 9.84. The van der Waals surface area contributed by atoms with Gasteiger partial charge in [-0.15, -0.1) is 6.58 Å². The Morgan fingerprint density at radius 3 is 2.64 bits per heavy atom. The Balaban J connectivity index is 3.49. The lowest BCUT2D eigenvalue weighted by atomic mass is 9.94. The van der Waals surface area contributed by atoms with Gasteiger partial charge in [-0.2, -0.15) is 0 Å². The van der Waals surface area contributed by atoms with Crippen molar-refractivity contribution >= 4 is 0 Å². The monoisotopic (exact) mass is 199 g/mol. The molecule has 0 aliphatic heterocycles. The first-order chi connectivity index (χ1) is 6.48. The van der Waals surface area contributed by atoms with Crippen LogP contribution in [0.25, 0.3) is 0 Å². The number of aliphatic hydroxyl groups is 1. The lowest BCUT2D eigenvalue weighted by Gasteiger charge is -2.25. The maximum atomic E-state index is 9.96. The van der Waals surface area contributed by atoms with Gasteiger partial charge in [0.1, 0.15) is 0 Å². The van der Waals surface area contributed by atoms with Crippen LogP contribution in [0.5, 0.6) is 0 Å². The van der Waals surface area contributed by atoms with Crippen LogP contribution in [0.1, 0.15) is 40.0 Å². The van der Waals surface area contributed by atoms with E-state index >= 15 is 0 Å². The number of unbranched alkanes of at least 4 members (excludes halogenated alkanes) is 1. The summed E-state index contributed by atoms with van der Waals surface area (Å²) >= 11 is 0. The molecule has 14 heavy (non-hydrogen) atoms. The van der Waals surface area contributed by atoms with Crippen LogP contribution in [0.15, 0.2) is 12.7 Å². The molecular formula is C12H25NO. The van der Waals surface area contributed by atoms with Crippen molar-refractivity contribution in [3.05, 3.63) is 12.7 Å². The Labute approximate surface area is 88.4 Å². The molecule has 0 aromatic heterocycles. The molecule has 2 N–H and O–H groups in total. The number of allylic oxidation sites excluding steroid dienone is 1. The van der Waals surface area contributed by atoms with Crippen molar-refractivity contribution in [3.8, 4) is 0 Å². The number of nitrogens with one attached hydrogen (secondary N) is 1. The van der Waals surface area contributed by atoms with Gasteiger partial charge in [0.05, 0.1) is 5.60 Å². The highest BCUT2D eigenvalue weighted by molar-refractivity contribution is 4.77. The molecule has 0 saturated carbocycles. The van der Waals surface area contributed by atoms with E-state index in [9.17, 15) is 5.11 Å². The van der Waals surface area contributed by atoms with Crippen LogP contribution < -0.4 is 5.32 Å². The molecule has 0 heterocycles. The van der Waals surface area contributed by atoms with Crippen LogP contribution in [0.3, 0.4) is 0 Å². The fraction of sp³-hybridized carbons (Fsp3) is 0.833. The molecule has 0 aliphatic rings. The van der Waals surface area contributed by atoms with Gasteiger partial charge in [-0.1, -0.05) is 19.9 Å². The fourth-order valence-electron chi connectivity index (χ4n) is 1.68. The lowest BCUT2D eigenvalue weighted by molar-refractivity contribution is 0.0388. The zero-order chi connectivity index (χ0) is 11.0. The summed E-state index contributed by atoms with van der Waals surface area (Å²) in [6, 6.07) is 0. The molecule has 0 saturated heterocycles. The number of rotatable bonds is 8. The van der Waals surface area contributed by atoms with Crippen molar-refractivity contribution in [3.63, 3.8) is 0 Å². The van der Waals surface area contributed by atoms with Crippen LogP contribution in [0, 0.1) is 5.92 Å². The van der Waals surface area contributed by atoms with Crippen LogP contribution in [-0.2, 0) is 0 Å².